The summed E-state index contributed by atoms with van der Waals surface area (Å²) in [6.07, 6.45) is 3.82. The van der Waals surface area contributed by atoms with Crippen molar-refractivity contribution in [2.45, 2.75) is 26.3 Å². The first-order chi connectivity index (χ1) is 8.70. The van der Waals surface area contributed by atoms with Crippen LogP contribution in [0.4, 0.5) is 5.69 Å². The molecule has 1 heterocycles. The maximum Gasteiger partial charge on any atom is 0.243 e. The van der Waals surface area contributed by atoms with Gasteiger partial charge in [0.15, 0.2) is 0 Å². The molecule has 1 amide bonds. The molecule has 2 rings (SSSR count). The van der Waals surface area contributed by atoms with Crippen molar-refractivity contribution in [3.05, 3.63) is 42.0 Å². The largest absolute Gasteiger partial charge is 0.371 e. The van der Waals surface area contributed by atoms with Crippen LogP contribution in [0, 0.1) is 6.92 Å². The zero-order valence-corrected chi connectivity index (χ0v) is 10.9. The summed E-state index contributed by atoms with van der Waals surface area (Å²) in [5, 5.41) is 2.85. The number of aryl methyl sites for hydroxylation is 1. The van der Waals surface area contributed by atoms with Gasteiger partial charge in [-0.1, -0.05) is 18.7 Å². The smallest absolute Gasteiger partial charge is 0.243 e. The molecule has 0 bridgehead atoms. The van der Waals surface area contributed by atoms with Gasteiger partial charge in [-0.05, 0) is 43.0 Å². The summed E-state index contributed by atoms with van der Waals surface area (Å²) in [7, 11) is 0. The number of hydrogen-bond acceptors (Lipinski definition) is 2. The maximum atomic E-state index is 11.2. The average Bonchev–Trinajstić information content (AvgIpc) is 2.90. The van der Waals surface area contributed by atoms with E-state index >= 15 is 0 Å². The molecule has 0 aromatic heterocycles. The highest BCUT2D eigenvalue weighted by Gasteiger charge is 2.15. The van der Waals surface area contributed by atoms with Crippen molar-refractivity contribution in [2.24, 2.45) is 0 Å². The zero-order chi connectivity index (χ0) is 13.0. The van der Waals surface area contributed by atoms with E-state index in [9.17, 15) is 4.79 Å². The molecule has 0 unspecified atom stereocenters. The Morgan fingerprint density at radius 1 is 1.44 bits per heavy atom. The molecule has 0 aliphatic carbocycles. The van der Waals surface area contributed by atoms with E-state index in [-0.39, 0.29) is 5.91 Å². The molecule has 1 fully saturated rings. The molecular weight excluding hydrogens is 224 g/mol. The summed E-state index contributed by atoms with van der Waals surface area (Å²) in [4.78, 5) is 13.6. The molecule has 1 aliphatic heterocycles. The number of hydrogen-bond donors (Lipinski definition) is 1. The zero-order valence-electron chi connectivity index (χ0n) is 10.9. The number of nitrogens with one attached hydrogen (secondary N) is 1. The van der Waals surface area contributed by atoms with Gasteiger partial charge in [-0.2, -0.15) is 0 Å². The highest BCUT2D eigenvalue weighted by Crippen LogP contribution is 2.25. The minimum absolute atomic E-state index is 0.122. The highest BCUT2D eigenvalue weighted by molar-refractivity contribution is 5.86. The quantitative estimate of drug-likeness (QED) is 0.825. The summed E-state index contributed by atoms with van der Waals surface area (Å²) in [5.41, 5.74) is 3.70. The van der Waals surface area contributed by atoms with Gasteiger partial charge < -0.3 is 10.2 Å². The maximum absolute atomic E-state index is 11.2. The Labute approximate surface area is 108 Å². The summed E-state index contributed by atoms with van der Waals surface area (Å²) >= 11 is 0. The molecule has 0 atom stereocenters. The lowest BCUT2D eigenvalue weighted by Gasteiger charge is -2.22. The van der Waals surface area contributed by atoms with E-state index in [1.165, 1.54) is 35.7 Å². The molecule has 0 radical (unpaired) electrons. The fraction of sp³-hybridized carbons (Fsp3) is 0.400. The predicted octanol–water partition coefficient (Wildman–Crippen LogP) is 2.40. The van der Waals surface area contributed by atoms with Gasteiger partial charge in [0.25, 0.3) is 0 Å². The van der Waals surface area contributed by atoms with Gasteiger partial charge in [0.2, 0.25) is 5.91 Å². The SMILES string of the molecule is C=CC(=O)NCc1ccc(C)cc1N1CCCC1. The number of carbonyl (C=O) groups is 1. The van der Waals surface area contributed by atoms with Gasteiger partial charge in [-0.25, -0.2) is 0 Å². The lowest BCUT2D eigenvalue weighted by Crippen LogP contribution is -2.24. The third-order valence-electron chi connectivity index (χ3n) is 3.33. The third kappa shape index (κ3) is 2.92. The van der Waals surface area contributed by atoms with Gasteiger partial charge in [0.05, 0.1) is 0 Å². The number of benzene rings is 1. The van der Waals surface area contributed by atoms with Crippen molar-refractivity contribution in [3.63, 3.8) is 0 Å². The van der Waals surface area contributed by atoms with E-state index < -0.39 is 0 Å². The normalized spacial score (nSPS) is 14.6. The van der Waals surface area contributed by atoms with Gasteiger partial charge >= 0.3 is 0 Å². The van der Waals surface area contributed by atoms with E-state index in [0.717, 1.165) is 13.1 Å². The Bertz CT molecular complexity index is 448. The molecule has 1 aromatic rings. The molecule has 1 N–H and O–H groups in total. The van der Waals surface area contributed by atoms with Gasteiger partial charge in [-0.15, -0.1) is 0 Å². The second kappa shape index (κ2) is 5.71. The molecule has 0 spiro atoms. The van der Waals surface area contributed by atoms with Crippen LogP contribution in [0.3, 0.4) is 0 Å². The van der Waals surface area contributed by atoms with E-state index in [1.54, 1.807) is 0 Å². The van der Waals surface area contributed by atoms with Crippen molar-refractivity contribution in [3.8, 4) is 0 Å². The fourth-order valence-electron chi connectivity index (χ4n) is 2.33. The fourth-order valence-corrected chi connectivity index (χ4v) is 2.33. The molecule has 1 aliphatic rings. The second-order valence-electron chi connectivity index (χ2n) is 4.75. The minimum Gasteiger partial charge on any atom is -0.371 e. The van der Waals surface area contributed by atoms with Crippen LogP contribution in [0.5, 0.6) is 0 Å². The van der Waals surface area contributed by atoms with Gasteiger partial charge in [0, 0.05) is 25.3 Å². The Kier molecular flexibility index (Phi) is 4.03. The summed E-state index contributed by atoms with van der Waals surface area (Å²) in [5.74, 6) is -0.122. The molecule has 0 saturated carbocycles. The van der Waals surface area contributed by atoms with Gasteiger partial charge in [-0.3, -0.25) is 4.79 Å². The van der Waals surface area contributed by atoms with Crippen LogP contribution in [0.1, 0.15) is 24.0 Å². The number of anilines is 1. The topological polar surface area (TPSA) is 32.3 Å². The first-order valence-electron chi connectivity index (χ1n) is 6.45. The minimum atomic E-state index is -0.122. The second-order valence-corrected chi connectivity index (χ2v) is 4.75. The summed E-state index contributed by atoms with van der Waals surface area (Å²) in [6, 6.07) is 6.40. The lowest BCUT2D eigenvalue weighted by atomic mass is 10.1. The van der Waals surface area contributed by atoms with Crippen LogP contribution in [-0.4, -0.2) is 19.0 Å². The van der Waals surface area contributed by atoms with Crippen LogP contribution >= 0.6 is 0 Å². The molecule has 3 nitrogen and oxygen atoms in total. The van der Waals surface area contributed by atoms with Crippen molar-refractivity contribution in [1.29, 1.82) is 0 Å². The third-order valence-corrected chi connectivity index (χ3v) is 3.33. The van der Waals surface area contributed by atoms with E-state index in [1.807, 2.05) is 0 Å². The van der Waals surface area contributed by atoms with Crippen molar-refractivity contribution in [1.82, 2.24) is 5.32 Å². The van der Waals surface area contributed by atoms with Crippen LogP contribution in [0.25, 0.3) is 0 Å². The number of amides is 1. The van der Waals surface area contributed by atoms with Crippen molar-refractivity contribution >= 4 is 11.6 Å². The first kappa shape index (κ1) is 12.7. The Balaban J connectivity index is 2.17. The van der Waals surface area contributed by atoms with Crippen molar-refractivity contribution in [2.75, 3.05) is 18.0 Å². The molecule has 1 aromatic carbocycles. The number of nitrogens with zero attached hydrogens (tertiary/aromatic N) is 1. The molecule has 3 heteroatoms. The predicted molar refractivity (Wildman–Crippen MR) is 74.7 cm³/mol. The average molecular weight is 244 g/mol. The van der Waals surface area contributed by atoms with Crippen LogP contribution in [0.2, 0.25) is 0 Å². The monoisotopic (exact) mass is 244 g/mol. The molecule has 18 heavy (non-hydrogen) atoms. The first-order valence-corrected chi connectivity index (χ1v) is 6.45. The Morgan fingerprint density at radius 3 is 2.83 bits per heavy atom. The van der Waals surface area contributed by atoms with E-state index in [0.29, 0.717) is 6.54 Å². The molecule has 1 saturated heterocycles. The van der Waals surface area contributed by atoms with Crippen LogP contribution < -0.4 is 10.2 Å². The Morgan fingerprint density at radius 2 is 2.17 bits per heavy atom. The van der Waals surface area contributed by atoms with E-state index in [2.05, 4.69) is 41.9 Å². The van der Waals surface area contributed by atoms with Crippen LogP contribution in [0.15, 0.2) is 30.9 Å². The Hall–Kier alpha value is -1.77. The number of rotatable bonds is 4. The summed E-state index contributed by atoms with van der Waals surface area (Å²) < 4.78 is 0. The van der Waals surface area contributed by atoms with E-state index in [4.69, 9.17) is 0 Å². The molecular formula is C15H20N2O. The standard InChI is InChI=1S/C15H20N2O/c1-3-15(18)16-11-13-7-6-12(2)10-14(13)17-8-4-5-9-17/h3,6-7,10H,1,4-5,8-9,11H2,2H3,(H,16,18). The number of carbonyl (C=O) groups excluding carboxylic acids is 1. The summed E-state index contributed by atoms with van der Waals surface area (Å²) in [6.45, 7) is 8.37. The van der Waals surface area contributed by atoms with Crippen molar-refractivity contribution < 1.29 is 4.79 Å². The molecule has 96 valence electrons. The lowest BCUT2D eigenvalue weighted by molar-refractivity contribution is -0.116. The highest BCUT2D eigenvalue weighted by atomic mass is 16.1. The van der Waals surface area contributed by atoms with Crippen LogP contribution in [-0.2, 0) is 11.3 Å². The van der Waals surface area contributed by atoms with Gasteiger partial charge in [0.1, 0.15) is 0 Å².